The molecule has 19 heavy (non-hydrogen) atoms. The Morgan fingerprint density at radius 1 is 1.00 bits per heavy atom. The number of hydrogen-bond donors (Lipinski definition) is 1. The number of benzene rings is 1. The van der Waals surface area contributed by atoms with Crippen LogP contribution in [0.5, 0.6) is 0 Å². The lowest BCUT2D eigenvalue weighted by atomic mass is 10.0. The molecule has 2 heterocycles. The molecule has 1 fully saturated rings. The molecule has 0 unspecified atom stereocenters. The molecule has 1 N–H and O–H groups in total. The summed E-state index contributed by atoms with van der Waals surface area (Å²) >= 11 is 0. The Balaban J connectivity index is 1.55. The minimum absolute atomic E-state index is 0.519. The lowest BCUT2D eigenvalue weighted by Gasteiger charge is -2.34. The molecule has 1 aromatic carbocycles. The van der Waals surface area contributed by atoms with Crippen LogP contribution in [-0.4, -0.2) is 29.1 Å². The summed E-state index contributed by atoms with van der Waals surface area (Å²) in [6.45, 7) is 2.19. The molecule has 0 saturated carbocycles. The molecule has 1 aliphatic rings. The van der Waals surface area contributed by atoms with Crippen molar-refractivity contribution >= 4 is 11.4 Å². The maximum absolute atomic E-state index is 4.03. The van der Waals surface area contributed by atoms with Crippen molar-refractivity contribution in [3.05, 3.63) is 49.1 Å². The predicted molar refractivity (Wildman–Crippen MR) is 77.3 cm³/mol. The predicted octanol–water partition coefficient (Wildman–Crippen LogP) is 2.56. The molecule has 0 aliphatic carbocycles. The first kappa shape index (κ1) is 12.0. The summed E-state index contributed by atoms with van der Waals surface area (Å²) in [6.07, 6.45) is 7.50. The van der Waals surface area contributed by atoms with Crippen LogP contribution in [0.1, 0.15) is 12.8 Å². The van der Waals surface area contributed by atoms with Gasteiger partial charge < -0.3 is 10.2 Å². The van der Waals surface area contributed by atoms with Crippen molar-refractivity contribution < 1.29 is 0 Å². The summed E-state index contributed by atoms with van der Waals surface area (Å²) in [5.74, 6) is 0. The van der Waals surface area contributed by atoms with Gasteiger partial charge in [0.05, 0.1) is 18.1 Å². The number of para-hydroxylation sites is 1. The molecule has 3 rings (SSSR count). The minimum atomic E-state index is 0.519. The van der Waals surface area contributed by atoms with Crippen LogP contribution in [0.3, 0.4) is 0 Å². The molecule has 1 saturated heterocycles. The van der Waals surface area contributed by atoms with Crippen LogP contribution in [0.25, 0.3) is 0 Å². The van der Waals surface area contributed by atoms with Gasteiger partial charge in [0.2, 0.25) is 0 Å². The first-order chi connectivity index (χ1) is 9.42. The molecule has 0 bridgehead atoms. The quantitative estimate of drug-likeness (QED) is 0.914. The third-order valence-electron chi connectivity index (χ3n) is 3.55. The maximum Gasteiger partial charge on any atom is 0.115 e. The molecule has 0 amide bonds. The number of aromatic nitrogens is 2. The lowest BCUT2D eigenvalue weighted by molar-refractivity contribution is 0.526. The van der Waals surface area contributed by atoms with Crippen molar-refractivity contribution in [1.29, 1.82) is 0 Å². The standard InChI is InChI=1S/C15H18N4/c1-2-4-15(5-3-1)19-8-6-13(7-9-19)18-14-10-16-12-17-11-14/h1-5,10-13,18H,6-9H2. The number of nitrogens with one attached hydrogen (secondary N) is 1. The van der Waals surface area contributed by atoms with Crippen molar-refractivity contribution in [2.75, 3.05) is 23.3 Å². The van der Waals surface area contributed by atoms with E-state index in [9.17, 15) is 0 Å². The topological polar surface area (TPSA) is 41.0 Å². The SMILES string of the molecule is c1ccc(N2CCC(Nc3cncnc3)CC2)cc1. The molecule has 0 spiro atoms. The molecule has 1 aromatic heterocycles. The Morgan fingerprint density at radius 3 is 2.37 bits per heavy atom. The van der Waals surface area contributed by atoms with E-state index < -0.39 is 0 Å². The largest absolute Gasteiger partial charge is 0.380 e. The summed E-state index contributed by atoms with van der Waals surface area (Å²) in [7, 11) is 0. The van der Waals surface area contributed by atoms with Gasteiger partial charge in [0.25, 0.3) is 0 Å². The molecule has 4 nitrogen and oxygen atoms in total. The minimum Gasteiger partial charge on any atom is -0.380 e. The summed E-state index contributed by atoms with van der Waals surface area (Å²) < 4.78 is 0. The molecule has 98 valence electrons. The van der Waals surface area contributed by atoms with E-state index in [1.54, 1.807) is 6.33 Å². The summed E-state index contributed by atoms with van der Waals surface area (Å²) in [5.41, 5.74) is 2.34. The molecule has 0 radical (unpaired) electrons. The lowest BCUT2D eigenvalue weighted by Crippen LogP contribution is -2.39. The normalized spacial score (nSPS) is 16.3. The van der Waals surface area contributed by atoms with Gasteiger partial charge in [0.1, 0.15) is 6.33 Å². The average molecular weight is 254 g/mol. The van der Waals surface area contributed by atoms with Gasteiger partial charge in [-0.15, -0.1) is 0 Å². The molecule has 2 aromatic rings. The Labute approximate surface area is 113 Å². The van der Waals surface area contributed by atoms with Gasteiger partial charge in [-0.2, -0.15) is 0 Å². The van der Waals surface area contributed by atoms with Crippen LogP contribution in [-0.2, 0) is 0 Å². The van der Waals surface area contributed by atoms with E-state index >= 15 is 0 Å². The fourth-order valence-corrected chi connectivity index (χ4v) is 2.53. The second kappa shape index (κ2) is 5.69. The number of piperidine rings is 1. The van der Waals surface area contributed by atoms with E-state index in [1.165, 1.54) is 5.69 Å². The van der Waals surface area contributed by atoms with Gasteiger partial charge in [-0.25, -0.2) is 9.97 Å². The van der Waals surface area contributed by atoms with Crippen molar-refractivity contribution in [3.63, 3.8) is 0 Å². The number of nitrogens with zero attached hydrogens (tertiary/aromatic N) is 3. The van der Waals surface area contributed by atoms with E-state index in [4.69, 9.17) is 0 Å². The molecule has 0 atom stereocenters. The highest BCUT2D eigenvalue weighted by Gasteiger charge is 2.19. The van der Waals surface area contributed by atoms with Gasteiger partial charge in [-0.3, -0.25) is 0 Å². The number of rotatable bonds is 3. The van der Waals surface area contributed by atoms with Crippen LogP contribution in [0, 0.1) is 0 Å². The average Bonchev–Trinajstić information content (AvgIpc) is 2.50. The van der Waals surface area contributed by atoms with E-state index in [0.29, 0.717) is 6.04 Å². The second-order valence-electron chi connectivity index (χ2n) is 4.87. The first-order valence-electron chi connectivity index (χ1n) is 6.73. The van der Waals surface area contributed by atoms with Crippen molar-refractivity contribution in [3.8, 4) is 0 Å². The molecular weight excluding hydrogens is 236 g/mol. The van der Waals surface area contributed by atoms with Gasteiger partial charge >= 0.3 is 0 Å². The number of anilines is 2. The third-order valence-corrected chi connectivity index (χ3v) is 3.55. The highest BCUT2D eigenvalue weighted by molar-refractivity contribution is 5.47. The summed E-state index contributed by atoms with van der Waals surface area (Å²) in [6, 6.07) is 11.1. The Hall–Kier alpha value is -2.10. The van der Waals surface area contributed by atoms with Crippen LogP contribution in [0.4, 0.5) is 11.4 Å². The molecular formula is C15H18N4. The van der Waals surface area contributed by atoms with Crippen LogP contribution >= 0.6 is 0 Å². The maximum atomic E-state index is 4.03. The molecule has 1 aliphatic heterocycles. The first-order valence-corrected chi connectivity index (χ1v) is 6.73. The Kier molecular flexibility index (Phi) is 3.58. The van der Waals surface area contributed by atoms with Crippen LogP contribution in [0.2, 0.25) is 0 Å². The van der Waals surface area contributed by atoms with Crippen LogP contribution < -0.4 is 10.2 Å². The second-order valence-corrected chi connectivity index (χ2v) is 4.87. The van der Waals surface area contributed by atoms with Gasteiger partial charge in [-0.1, -0.05) is 18.2 Å². The highest BCUT2D eigenvalue weighted by Crippen LogP contribution is 2.21. The van der Waals surface area contributed by atoms with Gasteiger partial charge in [-0.05, 0) is 25.0 Å². The van der Waals surface area contributed by atoms with Crippen molar-refractivity contribution in [2.24, 2.45) is 0 Å². The fraction of sp³-hybridized carbons (Fsp3) is 0.333. The van der Waals surface area contributed by atoms with Gasteiger partial charge in [0, 0.05) is 24.8 Å². The zero-order chi connectivity index (χ0) is 12.9. The smallest absolute Gasteiger partial charge is 0.115 e. The Bertz CT molecular complexity index is 492. The van der Waals surface area contributed by atoms with E-state index in [2.05, 4.69) is 50.5 Å². The van der Waals surface area contributed by atoms with E-state index in [0.717, 1.165) is 31.6 Å². The monoisotopic (exact) mass is 254 g/mol. The van der Waals surface area contributed by atoms with Crippen molar-refractivity contribution in [2.45, 2.75) is 18.9 Å². The Morgan fingerprint density at radius 2 is 1.68 bits per heavy atom. The van der Waals surface area contributed by atoms with Crippen LogP contribution in [0.15, 0.2) is 49.1 Å². The van der Waals surface area contributed by atoms with Gasteiger partial charge in [0.15, 0.2) is 0 Å². The summed E-state index contributed by atoms with van der Waals surface area (Å²) in [4.78, 5) is 10.5. The summed E-state index contributed by atoms with van der Waals surface area (Å²) in [5, 5.41) is 3.50. The zero-order valence-corrected chi connectivity index (χ0v) is 10.9. The molecule has 4 heteroatoms. The highest BCUT2D eigenvalue weighted by atomic mass is 15.1. The van der Waals surface area contributed by atoms with Crippen molar-refractivity contribution in [1.82, 2.24) is 9.97 Å². The third kappa shape index (κ3) is 3.02. The van der Waals surface area contributed by atoms with E-state index in [-0.39, 0.29) is 0 Å². The number of hydrogen-bond acceptors (Lipinski definition) is 4. The fourth-order valence-electron chi connectivity index (χ4n) is 2.53. The van der Waals surface area contributed by atoms with E-state index in [1.807, 2.05) is 12.4 Å². The zero-order valence-electron chi connectivity index (χ0n) is 10.9.